The van der Waals surface area contributed by atoms with E-state index >= 15 is 0 Å². The summed E-state index contributed by atoms with van der Waals surface area (Å²) >= 11 is 0. The van der Waals surface area contributed by atoms with Crippen molar-refractivity contribution in [3.8, 4) is 6.07 Å². The Morgan fingerprint density at radius 3 is 2.50 bits per heavy atom. The van der Waals surface area contributed by atoms with Crippen molar-refractivity contribution in [2.45, 2.75) is 19.1 Å². The van der Waals surface area contributed by atoms with E-state index in [0.717, 1.165) is 100 Å². The summed E-state index contributed by atoms with van der Waals surface area (Å²) in [7, 11) is 0. The van der Waals surface area contributed by atoms with Gasteiger partial charge in [-0.2, -0.15) is 5.26 Å². The van der Waals surface area contributed by atoms with E-state index in [4.69, 9.17) is 4.74 Å². The molecule has 10 nitrogen and oxygen atoms in total. The summed E-state index contributed by atoms with van der Waals surface area (Å²) < 4.78 is 6.39. The Hall–Kier alpha value is -3.52. The smallest absolute Gasteiger partial charge is 0.225 e. The van der Waals surface area contributed by atoms with E-state index in [1.54, 1.807) is 6.20 Å². The predicted molar refractivity (Wildman–Crippen MR) is 149 cm³/mol. The molecule has 3 aromatic rings. The van der Waals surface area contributed by atoms with Crippen LogP contribution in [0.4, 0.5) is 17.3 Å². The number of aromatic nitrogens is 3. The summed E-state index contributed by atoms with van der Waals surface area (Å²) in [6, 6.07) is 10.2. The van der Waals surface area contributed by atoms with Gasteiger partial charge in [0.1, 0.15) is 6.07 Å². The highest BCUT2D eigenvalue weighted by Gasteiger charge is 2.29. The summed E-state index contributed by atoms with van der Waals surface area (Å²) in [6.45, 7) is 12.4. The number of anilines is 3. The monoisotopic (exact) mass is 513 g/mol. The number of benzene rings is 1. The maximum atomic E-state index is 9.52. The third-order valence-corrected chi connectivity index (χ3v) is 7.76. The van der Waals surface area contributed by atoms with Gasteiger partial charge < -0.3 is 24.8 Å². The molecule has 0 bridgehead atoms. The number of ether oxygens (including phenoxy) is 1. The number of hydrogen-bond donors (Lipinski definition) is 1. The Bertz CT molecular complexity index is 1280. The van der Waals surface area contributed by atoms with Crippen LogP contribution in [0.25, 0.3) is 10.9 Å². The molecule has 6 rings (SSSR count). The second-order valence-corrected chi connectivity index (χ2v) is 10.4. The molecule has 10 heteroatoms. The Balaban J connectivity index is 1.07. The number of rotatable bonds is 5. The second kappa shape index (κ2) is 11.1. The van der Waals surface area contributed by atoms with E-state index in [1.807, 2.05) is 24.5 Å². The summed E-state index contributed by atoms with van der Waals surface area (Å²) in [5, 5.41) is 13.9. The highest BCUT2D eigenvalue weighted by Crippen LogP contribution is 2.30. The van der Waals surface area contributed by atoms with Gasteiger partial charge in [-0.25, -0.2) is 9.97 Å². The highest BCUT2D eigenvalue weighted by atomic mass is 16.5. The Labute approximate surface area is 223 Å². The van der Waals surface area contributed by atoms with Crippen LogP contribution in [0.5, 0.6) is 0 Å². The molecule has 2 atom stereocenters. The first-order valence-electron chi connectivity index (χ1n) is 13.6. The zero-order valence-electron chi connectivity index (χ0n) is 22.0. The van der Waals surface area contributed by atoms with Crippen molar-refractivity contribution >= 4 is 28.2 Å². The lowest BCUT2D eigenvalue weighted by molar-refractivity contribution is -0.0327. The molecule has 3 fully saturated rings. The van der Waals surface area contributed by atoms with Crippen molar-refractivity contribution in [1.82, 2.24) is 25.2 Å². The van der Waals surface area contributed by atoms with E-state index in [0.29, 0.717) is 5.56 Å². The van der Waals surface area contributed by atoms with Crippen molar-refractivity contribution in [1.29, 1.82) is 5.26 Å². The first-order chi connectivity index (χ1) is 18.7. The topological polar surface area (TPSA) is 96.7 Å². The van der Waals surface area contributed by atoms with Gasteiger partial charge in [0.05, 0.1) is 41.4 Å². The van der Waals surface area contributed by atoms with Crippen molar-refractivity contribution in [3.05, 3.63) is 48.4 Å². The van der Waals surface area contributed by atoms with E-state index in [1.165, 1.54) is 0 Å². The van der Waals surface area contributed by atoms with Crippen LogP contribution in [0.2, 0.25) is 0 Å². The number of pyridine rings is 1. The molecule has 198 valence electrons. The average Bonchev–Trinajstić information content (AvgIpc) is 2.97. The lowest BCUT2D eigenvalue weighted by Gasteiger charge is -2.42. The molecule has 1 N–H and O–H groups in total. The molecule has 2 aromatic heterocycles. The second-order valence-electron chi connectivity index (χ2n) is 10.4. The van der Waals surface area contributed by atoms with Crippen molar-refractivity contribution in [2.24, 2.45) is 0 Å². The van der Waals surface area contributed by atoms with Gasteiger partial charge in [-0.05, 0) is 31.2 Å². The molecule has 3 saturated heterocycles. The number of hydrogen-bond acceptors (Lipinski definition) is 10. The van der Waals surface area contributed by atoms with Gasteiger partial charge in [0.25, 0.3) is 0 Å². The fraction of sp³-hybridized carbons (Fsp3) is 0.500. The van der Waals surface area contributed by atoms with Gasteiger partial charge in [0.2, 0.25) is 5.95 Å². The van der Waals surface area contributed by atoms with Gasteiger partial charge in [-0.1, -0.05) is 0 Å². The lowest BCUT2D eigenvalue weighted by Crippen LogP contribution is -2.54. The molecular weight excluding hydrogens is 478 g/mol. The van der Waals surface area contributed by atoms with E-state index in [-0.39, 0.29) is 12.2 Å². The molecule has 0 saturated carbocycles. The van der Waals surface area contributed by atoms with Gasteiger partial charge in [-0.15, -0.1) is 0 Å². The maximum Gasteiger partial charge on any atom is 0.225 e. The average molecular weight is 514 g/mol. The molecule has 0 aliphatic carbocycles. The molecule has 38 heavy (non-hydrogen) atoms. The molecule has 0 spiro atoms. The Kier molecular flexibility index (Phi) is 7.22. The number of nitrogens with one attached hydrogen (secondary N) is 1. The fourth-order valence-corrected chi connectivity index (χ4v) is 5.85. The van der Waals surface area contributed by atoms with Crippen LogP contribution in [-0.4, -0.2) is 104 Å². The van der Waals surface area contributed by atoms with Crippen LogP contribution < -0.4 is 20.0 Å². The molecule has 0 amide bonds. The standard InChI is InChI=1S/C28H35N9O/c1-21-18-37(26-5-4-22(15-29)27-25(26)3-2-6-31-27)20-24(38-21)19-34-11-13-35(14-12-34)23-16-32-28(33-17-23)36-9-7-30-8-10-36/h2-6,16-17,21,24,30H,7-14,18-20H2,1H3/t21-,24+/m1/s1. The highest BCUT2D eigenvalue weighted by molar-refractivity contribution is 5.95. The van der Waals surface area contributed by atoms with E-state index in [9.17, 15) is 5.26 Å². The largest absolute Gasteiger partial charge is 0.370 e. The van der Waals surface area contributed by atoms with Gasteiger partial charge in [0, 0.05) is 89.3 Å². The summed E-state index contributed by atoms with van der Waals surface area (Å²) in [5.74, 6) is 0.827. The van der Waals surface area contributed by atoms with Gasteiger partial charge in [0.15, 0.2) is 0 Å². The van der Waals surface area contributed by atoms with Crippen LogP contribution in [0.1, 0.15) is 12.5 Å². The SMILES string of the molecule is C[C@@H]1CN(c2ccc(C#N)c3ncccc23)C[C@H](CN2CCN(c3cnc(N4CCNCC4)nc3)CC2)O1. The van der Waals surface area contributed by atoms with Gasteiger partial charge in [-0.3, -0.25) is 9.88 Å². The molecule has 0 radical (unpaired) electrons. The van der Waals surface area contributed by atoms with Gasteiger partial charge >= 0.3 is 0 Å². The van der Waals surface area contributed by atoms with Crippen LogP contribution in [0, 0.1) is 11.3 Å². The van der Waals surface area contributed by atoms with Crippen LogP contribution in [0.15, 0.2) is 42.9 Å². The van der Waals surface area contributed by atoms with Crippen LogP contribution in [0.3, 0.4) is 0 Å². The summed E-state index contributed by atoms with van der Waals surface area (Å²) in [5.41, 5.74) is 3.60. The quantitative estimate of drug-likeness (QED) is 0.543. The number of piperazine rings is 2. The van der Waals surface area contributed by atoms with Crippen molar-refractivity contribution < 1.29 is 4.74 Å². The summed E-state index contributed by atoms with van der Waals surface area (Å²) in [4.78, 5) is 23.3. The number of nitriles is 1. The first-order valence-corrected chi connectivity index (χ1v) is 13.6. The predicted octanol–water partition coefficient (Wildman–Crippen LogP) is 1.72. The molecule has 0 unspecified atom stereocenters. The first kappa shape index (κ1) is 24.8. The normalized spacial score (nSPS) is 23.0. The molecule has 5 heterocycles. The number of morpholine rings is 1. The van der Waals surface area contributed by atoms with Crippen molar-refractivity contribution in [3.63, 3.8) is 0 Å². The number of fused-ring (bicyclic) bond motifs is 1. The Morgan fingerprint density at radius 2 is 1.74 bits per heavy atom. The summed E-state index contributed by atoms with van der Waals surface area (Å²) in [6.07, 6.45) is 5.95. The lowest BCUT2D eigenvalue weighted by atomic mass is 10.1. The number of nitrogens with zero attached hydrogens (tertiary/aromatic N) is 8. The van der Waals surface area contributed by atoms with Crippen molar-refractivity contribution in [2.75, 3.05) is 86.7 Å². The molecule has 3 aliphatic heterocycles. The third kappa shape index (κ3) is 5.23. The zero-order valence-corrected chi connectivity index (χ0v) is 22.0. The fourth-order valence-electron chi connectivity index (χ4n) is 5.85. The molecule has 1 aromatic carbocycles. The zero-order chi connectivity index (χ0) is 25.9. The van der Waals surface area contributed by atoms with Crippen LogP contribution in [-0.2, 0) is 4.74 Å². The van der Waals surface area contributed by atoms with E-state index in [2.05, 4.69) is 65.0 Å². The molecular formula is C28H35N9O. The van der Waals surface area contributed by atoms with Crippen LogP contribution >= 0.6 is 0 Å². The van der Waals surface area contributed by atoms with E-state index < -0.39 is 0 Å². The minimum Gasteiger partial charge on any atom is -0.370 e. The maximum absolute atomic E-state index is 9.52. The Morgan fingerprint density at radius 1 is 0.947 bits per heavy atom. The molecule has 3 aliphatic rings. The minimum absolute atomic E-state index is 0.120. The third-order valence-electron chi connectivity index (χ3n) is 7.76. The minimum atomic E-state index is 0.120.